The van der Waals surface area contributed by atoms with Gasteiger partial charge in [0.05, 0.1) is 0 Å². The van der Waals surface area contributed by atoms with Crippen molar-refractivity contribution in [1.82, 2.24) is 4.98 Å². The van der Waals surface area contributed by atoms with Crippen molar-refractivity contribution in [3.05, 3.63) is 57.2 Å². The molecule has 2 rings (SSSR count). The number of aromatic nitrogens is 1. The number of halogens is 2. The topological polar surface area (TPSA) is 42.2 Å². The van der Waals surface area contributed by atoms with Crippen LogP contribution >= 0.6 is 27.5 Å². The lowest BCUT2D eigenvalue weighted by molar-refractivity contribution is 0.875. The van der Waals surface area contributed by atoms with Crippen LogP contribution in [0.15, 0.2) is 41.0 Å². The molecule has 19 heavy (non-hydrogen) atoms. The molecule has 5 heteroatoms. The van der Waals surface area contributed by atoms with Crippen molar-refractivity contribution >= 4 is 33.3 Å². The zero-order valence-electron chi connectivity index (χ0n) is 10.6. The molecule has 3 nitrogen and oxygen atoms in total. The maximum atomic E-state index is 5.88. The van der Waals surface area contributed by atoms with E-state index in [9.17, 15) is 0 Å². The summed E-state index contributed by atoms with van der Waals surface area (Å²) in [5.41, 5.74) is 7.97. The largest absolute Gasteiger partial charge is 0.355 e. The number of benzene rings is 1. The molecule has 1 heterocycles. The van der Waals surface area contributed by atoms with E-state index in [-0.39, 0.29) is 0 Å². The molecular weight excluding hydrogens is 326 g/mol. The molecule has 2 N–H and O–H groups in total. The number of hydrogen-bond donors (Lipinski definition) is 1. The second kappa shape index (κ2) is 6.37. The zero-order valence-corrected chi connectivity index (χ0v) is 12.9. The van der Waals surface area contributed by atoms with E-state index < -0.39 is 0 Å². The van der Waals surface area contributed by atoms with Gasteiger partial charge in [0.1, 0.15) is 5.82 Å². The molecule has 0 amide bonds. The van der Waals surface area contributed by atoms with Crippen LogP contribution in [0.4, 0.5) is 5.82 Å². The first-order chi connectivity index (χ1) is 9.10. The Kier molecular flexibility index (Phi) is 4.80. The summed E-state index contributed by atoms with van der Waals surface area (Å²) in [5.74, 6) is 0.903. The minimum absolute atomic E-state index is 0.465. The minimum atomic E-state index is 0.465. The number of pyridine rings is 1. The number of rotatable bonds is 4. The van der Waals surface area contributed by atoms with Crippen LogP contribution in [-0.4, -0.2) is 12.0 Å². The van der Waals surface area contributed by atoms with Gasteiger partial charge in [0.2, 0.25) is 0 Å². The molecule has 2 aromatic rings. The average Bonchev–Trinajstić information content (AvgIpc) is 2.41. The second-order valence-corrected chi connectivity index (χ2v) is 5.68. The van der Waals surface area contributed by atoms with Crippen molar-refractivity contribution in [2.75, 3.05) is 11.9 Å². The Morgan fingerprint density at radius 1 is 1.32 bits per heavy atom. The lowest BCUT2D eigenvalue weighted by atomic mass is 10.2. The molecule has 0 saturated carbocycles. The summed E-state index contributed by atoms with van der Waals surface area (Å²) in [4.78, 5) is 6.52. The quantitative estimate of drug-likeness (QED) is 0.925. The molecule has 0 spiro atoms. The van der Waals surface area contributed by atoms with Crippen molar-refractivity contribution < 1.29 is 0 Å². The summed E-state index contributed by atoms with van der Waals surface area (Å²) in [5, 5.41) is 0.746. The SMILES string of the molecule is CN(Cc1ccc(Cl)cc1)c1ncc(Br)cc1CN. The number of anilines is 1. The fraction of sp³-hybridized carbons (Fsp3) is 0.214. The van der Waals surface area contributed by atoms with E-state index in [0.717, 1.165) is 27.4 Å². The first-order valence-corrected chi connectivity index (χ1v) is 7.07. The second-order valence-electron chi connectivity index (χ2n) is 4.32. The molecule has 0 aliphatic heterocycles. The number of hydrogen-bond acceptors (Lipinski definition) is 3. The third kappa shape index (κ3) is 3.69. The molecule has 100 valence electrons. The first-order valence-electron chi connectivity index (χ1n) is 5.90. The van der Waals surface area contributed by atoms with Gasteiger partial charge in [0.25, 0.3) is 0 Å². The average molecular weight is 341 g/mol. The summed E-state index contributed by atoms with van der Waals surface area (Å²) in [6.45, 7) is 1.23. The van der Waals surface area contributed by atoms with Crippen LogP contribution in [0.3, 0.4) is 0 Å². The van der Waals surface area contributed by atoms with E-state index in [1.165, 1.54) is 5.56 Å². The molecule has 1 aromatic heterocycles. The van der Waals surface area contributed by atoms with Crippen LogP contribution in [0.5, 0.6) is 0 Å². The van der Waals surface area contributed by atoms with Crippen LogP contribution in [-0.2, 0) is 13.1 Å². The van der Waals surface area contributed by atoms with Crippen molar-refractivity contribution in [3.8, 4) is 0 Å². The Morgan fingerprint density at radius 3 is 2.63 bits per heavy atom. The smallest absolute Gasteiger partial charge is 0.133 e. The van der Waals surface area contributed by atoms with Crippen LogP contribution < -0.4 is 10.6 Å². The van der Waals surface area contributed by atoms with Crippen molar-refractivity contribution in [1.29, 1.82) is 0 Å². The maximum absolute atomic E-state index is 5.88. The highest BCUT2D eigenvalue weighted by Crippen LogP contribution is 2.22. The van der Waals surface area contributed by atoms with Crippen LogP contribution in [0.25, 0.3) is 0 Å². The van der Waals surface area contributed by atoms with Gasteiger partial charge < -0.3 is 10.6 Å². The highest BCUT2D eigenvalue weighted by Gasteiger charge is 2.09. The Bertz CT molecular complexity index is 557. The predicted molar refractivity (Wildman–Crippen MR) is 83.4 cm³/mol. The van der Waals surface area contributed by atoms with Gasteiger partial charge in [-0.1, -0.05) is 23.7 Å². The van der Waals surface area contributed by atoms with Gasteiger partial charge in [-0.15, -0.1) is 0 Å². The lowest BCUT2D eigenvalue weighted by Gasteiger charge is -2.21. The Hall–Kier alpha value is -1.10. The van der Waals surface area contributed by atoms with E-state index in [1.807, 2.05) is 37.4 Å². The van der Waals surface area contributed by atoms with Gasteiger partial charge in [-0.05, 0) is 39.7 Å². The highest BCUT2D eigenvalue weighted by molar-refractivity contribution is 9.10. The number of nitrogens with two attached hydrogens (primary N) is 1. The third-order valence-electron chi connectivity index (χ3n) is 2.82. The molecule has 0 aliphatic carbocycles. The molecule has 1 aromatic carbocycles. The van der Waals surface area contributed by atoms with Crippen molar-refractivity contribution in [2.24, 2.45) is 5.73 Å². The molecule has 0 fully saturated rings. The van der Waals surface area contributed by atoms with E-state index >= 15 is 0 Å². The summed E-state index contributed by atoms with van der Waals surface area (Å²) < 4.78 is 0.941. The summed E-state index contributed by atoms with van der Waals surface area (Å²) in [6, 6.07) is 9.81. The van der Waals surface area contributed by atoms with Crippen LogP contribution in [0, 0.1) is 0 Å². The molecule has 0 bridgehead atoms. The van der Waals surface area contributed by atoms with Crippen LogP contribution in [0.2, 0.25) is 5.02 Å². The first kappa shape index (κ1) is 14.3. The van der Waals surface area contributed by atoms with Gasteiger partial charge in [-0.2, -0.15) is 0 Å². The summed E-state index contributed by atoms with van der Waals surface area (Å²) in [7, 11) is 2.00. The summed E-state index contributed by atoms with van der Waals surface area (Å²) in [6.07, 6.45) is 1.78. The predicted octanol–water partition coefficient (Wildman–Crippen LogP) is 3.59. The fourth-order valence-electron chi connectivity index (χ4n) is 1.91. The normalized spacial score (nSPS) is 10.5. The van der Waals surface area contributed by atoms with Gasteiger partial charge in [-0.25, -0.2) is 4.98 Å². The third-order valence-corrected chi connectivity index (χ3v) is 3.51. The monoisotopic (exact) mass is 339 g/mol. The Balaban J connectivity index is 2.19. The Morgan fingerprint density at radius 2 is 2.00 bits per heavy atom. The van der Waals surface area contributed by atoms with E-state index in [1.54, 1.807) is 6.20 Å². The maximum Gasteiger partial charge on any atom is 0.133 e. The van der Waals surface area contributed by atoms with Gasteiger partial charge >= 0.3 is 0 Å². The standard InChI is InChI=1S/C14H15BrClN3/c1-19(9-10-2-4-13(16)5-3-10)14-11(7-17)6-12(15)8-18-14/h2-6,8H,7,9,17H2,1H3. The molecule has 0 aliphatic rings. The van der Waals surface area contributed by atoms with E-state index in [4.69, 9.17) is 17.3 Å². The van der Waals surface area contributed by atoms with Gasteiger partial charge in [0.15, 0.2) is 0 Å². The summed E-state index contributed by atoms with van der Waals surface area (Å²) >= 11 is 9.29. The lowest BCUT2D eigenvalue weighted by Crippen LogP contribution is -2.20. The van der Waals surface area contributed by atoms with E-state index in [0.29, 0.717) is 6.54 Å². The molecule has 0 saturated heterocycles. The highest BCUT2D eigenvalue weighted by atomic mass is 79.9. The molecule has 0 radical (unpaired) electrons. The van der Waals surface area contributed by atoms with Gasteiger partial charge in [-0.3, -0.25) is 0 Å². The Labute approximate surface area is 126 Å². The molecule has 0 unspecified atom stereocenters. The van der Waals surface area contributed by atoms with Gasteiger partial charge in [0, 0.05) is 41.4 Å². The minimum Gasteiger partial charge on any atom is -0.355 e. The fourth-order valence-corrected chi connectivity index (χ4v) is 2.41. The molecule has 0 atom stereocenters. The van der Waals surface area contributed by atoms with E-state index in [2.05, 4.69) is 25.8 Å². The van der Waals surface area contributed by atoms with Crippen molar-refractivity contribution in [3.63, 3.8) is 0 Å². The zero-order chi connectivity index (χ0) is 13.8. The van der Waals surface area contributed by atoms with Crippen molar-refractivity contribution in [2.45, 2.75) is 13.1 Å². The van der Waals surface area contributed by atoms with Crippen LogP contribution in [0.1, 0.15) is 11.1 Å². The molecular formula is C14H15BrClN3. The number of nitrogens with zero attached hydrogens (tertiary/aromatic N) is 2.